The van der Waals surface area contributed by atoms with Crippen LogP contribution in [0.4, 0.5) is 0 Å². The topological polar surface area (TPSA) is 51.8 Å². The molecule has 5 heteroatoms. The van der Waals surface area contributed by atoms with Gasteiger partial charge in [-0.2, -0.15) is 0 Å². The number of hydrogen-bond donors (Lipinski definition) is 0. The van der Waals surface area contributed by atoms with Crippen molar-refractivity contribution in [1.29, 1.82) is 0 Å². The standard InChI is InChI=1S/C30H29GeN3O/c1-17(2)29-33-26(23-11-8-10-20-21-15-13-18(3)32-30(21)35-28(20)23)22-16-14-19-9-7-12-24(31(4,5)6)25(19)27(22)34-29/h7-17H,1-6H3. The number of rotatable bonds is 3. The van der Waals surface area contributed by atoms with Crippen LogP contribution in [0.1, 0.15) is 31.3 Å². The Kier molecular flexibility index (Phi) is 5.01. The van der Waals surface area contributed by atoms with E-state index in [1.807, 2.05) is 13.0 Å². The molecule has 0 aliphatic carbocycles. The van der Waals surface area contributed by atoms with Crippen LogP contribution in [0.2, 0.25) is 17.3 Å². The molecule has 4 nitrogen and oxygen atoms in total. The van der Waals surface area contributed by atoms with Crippen molar-refractivity contribution in [2.24, 2.45) is 0 Å². The number of fused-ring (bicyclic) bond motifs is 6. The van der Waals surface area contributed by atoms with Crippen molar-refractivity contribution in [2.75, 3.05) is 0 Å². The SMILES string of the molecule is Cc1ccc2c(n1)oc1c(-c3nc(C(C)C)nc4c3ccc3ccc[c]([Ge]([CH3])([CH3])[CH3])c34)cccc12. The average molecular weight is 520 g/mol. The number of pyridine rings is 1. The zero-order chi connectivity index (χ0) is 24.5. The second-order valence-corrected chi connectivity index (χ2v) is 21.4. The molecule has 6 aromatic rings. The van der Waals surface area contributed by atoms with E-state index < -0.39 is 13.3 Å². The second kappa shape index (κ2) is 7.89. The maximum absolute atomic E-state index is 6.37. The molecule has 0 N–H and O–H groups in total. The van der Waals surface area contributed by atoms with Crippen LogP contribution in [-0.2, 0) is 0 Å². The Morgan fingerprint density at radius 2 is 1.54 bits per heavy atom. The van der Waals surface area contributed by atoms with Crippen LogP contribution >= 0.6 is 0 Å². The number of aryl methyl sites for hydroxylation is 1. The van der Waals surface area contributed by atoms with Gasteiger partial charge in [0, 0.05) is 0 Å². The van der Waals surface area contributed by atoms with Crippen LogP contribution < -0.4 is 4.40 Å². The molecule has 0 bridgehead atoms. The van der Waals surface area contributed by atoms with Gasteiger partial charge in [0.15, 0.2) is 0 Å². The third kappa shape index (κ3) is 3.54. The normalized spacial score (nSPS) is 12.5. The predicted octanol–water partition coefficient (Wildman–Crippen LogP) is 7.72. The van der Waals surface area contributed by atoms with Crippen molar-refractivity contribution >= 4 is 61.4 Å². The Labute approximate surface area is 207 Å². The first-order chi connectivity index (χ1) is 16.7. The van der Waals surface area contributed by atoms with E-state index in [9.17, 15) is 0 Å². The molecule has 35 heavy (non-hydrogen) atoms. The third-order valence-corrected chi connectivity index (χ3v) is 11.1. The van der Waals surface area contributed by atoms with E-state index in [0.717, 1.165) is 50.0 Å². The minimum absolute atomic E-state index is 0.205. The molecule has 6 rings (SSSR count). The number of nitrogens with zero attached hydrogens (tertiary/aromatic N) is 3. The maximum atomic E-state index is 6.37. The van der Waals surface area contributed by atoms with Gasteiger partial charge in [0.2, 0.25) is 0 Å². The minimum atomic E-state index is -2.17. The first-order valence-corrected chi connectivity index (χ1v) is 19.6. The molecule has 174 valence electrons. The van der Waals surface area contributed by atoms with Gasteiger partial charge in [-0.3, -0.25) is 0 Å². The molecule has 0 amide bonds. The number of aromatic nitrogens is 3. The van der Waals surface area contributed by atoms with E-state index in [4.69, 9.17) is 14.4 Å². The zero-order valence-corrected chi connectivity index (χ0v) is 23.2. The fourth-order valence-corrected chi connectivity index (χ4v) is 8.40. The molecule has 3 aromatic heterocycles. The molecule has 0 aliphatic rings. The van der Waals surface area contributed by atoms with Crippen molar-refractivity contribution in [3.05, 3.63) is 72.2 Å². The molecular formula is C30H29GeN3O. The number of hydrogen-bond acceptors (Lipinski definition) is 4. The van der Waals surface area contributed by atoms with E-state index in [-0.39, 0.29) is 5.92 Å². The molecule has 3 aromatic carbocycles. The number of benzene rings is 3. The summed E-state index contributed by atoms with van der Waals surface area (Å²) in [7, 11) is 0. The van der Waals surface area contributed by atoms with Crippen LogP contribution in [0.25, 0.3) is 55.0 Å². The summed E-state index contributed by atoms with van der Waals surface area (Å²) in [6.45, 7) is 6.31. The van der Waals surface area contributed by atoms with Crippen molar-refractivity contribution in [2.45, 2.75) is 44.0 Å². The van der Waals surface area contributed by atoms with Crippen LogP contribution in [0.15, 0.2) is 65.1 Å². The summed E-state index contributed by atoms with van der Waals surface area (Å²) in [5.41, 5.74) is 5.41. The van der Waals surface area contributed by atoms with E-state index in [1.54, 1.807) is 0 Å². The quantitative estimate of drug-likeness (QED) is 0.177. The second-order valence-electron chi connectivity index (χ2n) is 10.8. The van der Waals surface area contributed by atoms with Crippen LogP contribution in [-0.4, -0.2) is 28.2 Å². The molecule has 0 fully saturated rings. The van der Waals surface area contributed by atoms with Crippen molar-refractivity contribution < 1.29 is 4.42 Å². The molecule has 0 aliphatic heterocycles. The summed E-state index contributed by atoms with van der Waals surface area (Å²) >= 11 is -2.17. The van der Waals surface area contributed by atoms with Gasteiger partial charge in [-0.05, 0) is 0 Å². The van der Waals surface area contributed by atoms with E-state index in [0.29, 0.717) is 5.71 Å². The molecule has 0 unspecified atom stereocenters. The number of furan rings is 1. The number of para-hydroxylation sites is 1. The van der Waals surface area contributed by atoms with Crippen molar-refractivity contribution in [1.82, 2.24) is 15.0 Å². The molecule has 0 atom stereocenters. The fraction of sp³-hybridized carbons (Fsp3) is 0.233. The first kappa shape index (κ1) is 22.2. The van der Waals surface area contributed by atoms with E-state index in [2.05, 4.69) is 90.7 Å². The van der Waals surface area contributed by atoms with Gasteiger partial charge in [-0.25, -0.2) is 0 Å². The Hall–Kier alpha value is -3.25. The Bertz CT molecular complexity index is 1780. The van der Waals surface area contributed by atoms with Gasteiger partial charge in [-0.15, -0.1) is 0 Å². The summed E-state index contributed by atoms with van der Waals surface area (Å²) in [5.74, 6) is 8.41. The monoisotopic (exact) mass is 521 g/mol. The fourth-order valence-electron chi connectivity index (χ4n) is 5.03. The summed E-state index contributed by atoms with van der Waals surface area (Å²) in [6.07, 6.45) is 0. The third-order valence-electron chi connectivity index (χ3n) is 6.81. The van der Waals surface area contributed by atoms with Gasteiger partial charge in [0.25, 0.3) is 0 Å². The summed E-state index contributed by atoms with van der Waals surface area (Å²) in [4.78, 5) is 14.9. The Balaban J connectivity index is 1.77. The summed E-state index contributed by atoms with van der Waals surface area (Å²) in [5, 5.41) is 5.70. The van der Waals surface area contributed by atoms with E-state index in [1.165, 1.54) is 15.2 Å². The van der Waals surface area contributed by atoms with Gasteiger partial charge < -0.3 is 0 Å². The molecule has 0 radical (unpaired) electrons. The molecule has 0 saturated carbocycles. The summed E-state index contributed by atoms with van der Waals surface area (Å²) in [6, 6.07) is 21.6. The molecular weight excluding hydrogens is 491 g/mol. The molecule has 3 heterocycles. The van der Waals surface area contributed by atoms with Crippen LogP contribution in [0, 0.1) is 6.92 Å². The van der Waals surface area contributed by atoms with Crippen LogP contribution in [0.3, 0.4) is 0 Å². The van der Waals surface area contributed by atoms with Gasteiger partial charge >= 0.3 is 208 Å². The average Bonchev–Trinajstić information content (AvgIpc) is 3.19. The van der Waals surface area contributed by atoms with Crippen molar-refractivity contribution in [3.63, 3.8) is 0 Å². The summed E-state index contributed by atoms with van der Waals surface area (Å²) < 4.78 is 7.85. The van der Waals surface area contributed by atoms with Gasteiger partial charge in [0.05, 0.1) is 0 Å². The van der Waals surface area contributed by atoms with Gasteiger partial charge in [0.1, 0.15) is 0 Å². The predicted molar refractivity (Wildman–Crippen MR) is 149 cm³/mol. The first-order valence-electron chi connectivity index (χ1n) is 12.3. The Morgan fingerprint density at radius 3 is 2.31 bits per heavy atom. The van der Waals surface area contributed by atoms with Crippen LogP contribution in [0.5, 0.6) is 0 Å². The Morgan fingerprint density at radius 1 is 0.771 bits per heavy atom. The van der Waals surface area contributed by atoms with E-state index >= 15 is 0 Å². The zero-order valence-electron chi connectivity index (χ0n) is 21.1. The molecule has 0 spiro atoms. The molecule has 0 saturated heterocycles. The van der Waals surface area contributed by atoms with Gasteiger partial charge in [-0.1, -0.05) is 0 Å². The van der Waals surface area contributed by atoms with Crippen molar-refractivity contribution in [3.8, 4) is 11.3 Å².